The summed E-state index contributed by atoms with van der Waals surface area (Å²) in [5.41, 5.74) is 0.947. The maximum atomic E-state index is 14.0. The number of fused-ring (bicyclic) bond motifs is 1. The summed E-state index contributed by atoms with van der Waals surface area (Å²) in [6.07, 6.45) is 5.93. The molecular weight excluding hydrogens is 548 g/mol. The van der Waals surface area contributed by atoms with Gasteiger partial charge in [-0.1, -0.05) is 6.92 Å². The van der Waals surface area contributed by atoms with Crippen molar-refractivity contribution in [1.29, 1.82) is 0 Å². The molecule has 0 saturated carbocycles. The molecule has 2 N–H and O–H groups in total. The number of hydrogen-bond donors (Lipinski definition) is 2. The first kappa shape index (κ1) is 32.3. The van der Waals surface area contributed by atoms with Crippen molar-refractivity contribution in [3.8, 4) is 5.75 Å². The summed E-state index contributed by atoms with van der Waals surface area (Å²) >= 11 is 0. The highest BCUT2D eigenvalue weighted by Gasteiger charge is 2.31. The molecule has 1 aromatic heterocycles. The summed E-state index contributed by atoms with van der Waals surface area (Å²) in [5.74, 6) is -0.444. The number of hydrogen-bond acceptors (Lipinski definition) is 8. The second kappa shape index (κ2) is 14.6. The van der Waals surface area contributed by atoms with Crippen LogP contribution in [0.5, 0.6) is 5.75 Å². The van der Waals surface area contributed by atoms with Gasteiger partial charge in [-0.05, 0) is 63.4 Å². The standard InChI is InChI=1S/C29H42N4O7S/c1-20-17-33(21(2)19-34)29(36)25-16-24(31-41(5,37)38)9-10-26(25)40-22(3)8-6-7-15-39-27(20)18-32(4)28(35)23-11-13-30-14-12-23/h9-14,16,20-22,27,31,34H,6-8,15,17-19H2,1-5H3/t20-,21+,22+,27-/m1/s1. The van der Waals surface area contributed by atoms with E-state index >= 15 is 0 Å². The van der Waals surface area contributed by atoms with Gasteiger partial charge >= 0.3 is 0 Å². The van der Waals surface area contributed by atoms with Gasteiger partial charge in [0.15, 0.2) is 0 Å². The Kier molecular flexibility index (Phi) is 11.5. The van der Waals surface area contributed by atoms with Crippen LogP contribution in [0, 0.1) is 5.92 Å². The number of anilines is 1. The molecule has 1 aliphatic rings. The molecule has 0 radical (unpaired) electrons. The lowest BCUT2D eigenvalue weighted by molar-refractivity contribution is -0.0149. The first-order valence-electron chi connectivity index (χ1n) is 13.9. The molecule has 2 aromatic rings. The second-order valence-corrected chi connectivity index (χ2v) is 12.6. The van der Waals surface area contributed by atoms with Crippen molar-refractivity contribution in [2.45, 2.75) is 58.3 Å². The number of nitrogens with one attached hydrogen (secondary N) is 1. The number of aromatic nitrogens is 1. The number of likely N-dealkylation sites (N-methyl/N-ethyl adjacent to an activating group) is 1. The van der Waals surface area contributed by atoms with Crippen LogP contribution in [-0.4, -0.2) is 98.0 Å². The SMILES string of the molecule is C[C@@H]1CN([C@@H](C)CO)C(=O)c2cc(NS(C)(=O)=O)ccc2O[C@@H](C)CCCCO[C@@H]1CN(C)C(=O)c1ccncc1. The van der Waals surface area contributed by atoms with Gasteiger partial charge in [0.25, 0.3) is 11.8 Å². The number of ether oxygens (including phenoxy) is 2. The molecule has 0 fully saturated rings. The maximum Gasteiger partial charge on any atom is 0.258 e. The van der Waals surface area contributed by atoms with Crippen LogP contribution < -0.4 is 9.46 Å². The van der Waals surface area contributed by atoms with Crippen LogP contribution in [0.1, 0.15) is 60.7 Å². The third-order valence-electron chi connectivity index (χ3n) is 7.08. The highest BCUT2D eigenvalue weighted by molar-refractivity contribution is 7.92. The summed E-state index contributed by atoms with van der Waals surface area (Å²) < 4.78 is 38.7. The number of amides is 2. The van der Waals surface area contributed by atoms with Crippen LogP contribution >= 0.6 is 0 Å². The number of aliphatic hydroxyl groups excluding tert-OH is 1. The van der Waals surface area contributed by atoms with Crippen LogP contribution in [0.15, 0.2) is 42.7 Å². The zero-order chi connectivity index (χ0) is 30.2. The number of carbonyl (C=O) groups excluding carboxylic acids is 2. The van der Waals surface area contributed by atoms with E-state index in [1.807, 2.05) is 13.8 Å². The fraction of sp³-hybridized carbons (Fsp3) is 0.552. The van der Waals surface area contributed by atoms with Crippen LogP contribution in [0.4, 0.5) is 5.69 Å². The van der Waals surface area contributed by atoms with Crippen molar-refractivity contribution in [3.05, 3.63) is 53.9 Å². The highest BCUT2D eigenvalue weighted by atomic mass is 32.2. The van der Waals surface area contributed by atoms with E-state index in [4.69, 9.17) is 9.47 Å². The van der Waals surface area contributed by atoms with Gasteiger partial charge in [-0.3, -0.25) is 19.3 Å². The number of rotatable bonds is 7. The van der Waals surface area contributed by atoms with E-state index in [0.29, 0.717) is 24.5 Å². The Morgan fingerprint density at radius 1 is 1.22 bits per heavy atom. The van der Waals surface area contributed by atoms with Gasteiger partial charge in [0.2, 0.25) is 10.0 Å². The minimum atomic E-state index is -3.58. The summed E-state index contributed by atoms with van der Waals surface area (Å²) in [5, 5.41) is 10.1. The van der Waals surface area contributed by atoms with Gasteiger partial charge in [-0.25, -0.2) is 8.42 Å². The fourth-order valence-corrected chi connectivity index (χ4v) is 5.29. The van der Waals surface area contributed by atoms with Gasteiger partial charge in [-0.15, -0.1) is 0 Å². The van der Waals surface area contributed by atoms with Gasteiger partial charge in [0.05, 0.1) is 36.7 Å². The first-order chi connectivity index (χ1) is 19.4. The average molecular weight is 591 g/mol. The average Bonchev–Trinajstić information content (AvgIpc) is 2.93. The molecule has 0 bridgehead atoms. The van der Waals surface area contributed by atoms with Gasteiger partial charge in [0, 0.05) is 56.3 Å². The first-order valence-corrected chi connectivity index (χ1v) is 15.8. The van der Waals surface area contributed by atoms with Crippen molar-refractivity contribution in [1.82, 2.24) is 14.8 Å². The van der Waals surface area contributed by atoms with Crippen molar-refractivity contribution in [3.63, 3.8) is 0 Å². The Morgan fingerprint density at radius 2 is 1.93 bits per heavy atom. The third kappa shape index (κ3) is 9.40. The number of carbonyl (C=O) groups is 2. The summed E-state index contributed by atoms with van der Waals surface area (Å²) in [6.45, 7) is 6.34. The van der Waals surface area contributed by atoms with Crippen molar-refractivity contribution in [2.24, 2.45) is 5.92 Å². The quantitative estimate of drug-likeness (QED) is 0.502. The Hall–Kier alpha value is -3.22. The van der Waals surface area contributed by atoms with E-state index in [0.717, 1.165) is 25.5 Å². The Bertz CT molecular complexity index is 1280. The van der Waals surface area contributed by atoms with Crippen LogP contribution in [0.3, 0.4) is 0 Å². The topological polar surface area (TPSA) is 138 Å². The van der Waals surface area contributed by atoms with E-state index in [-0.39, 0.29) is 48.4 Å². The monoisotopic (exact) mass is 590 g/mol. The normalized spacial score (nSPS) is 21.7. The Labute approximate surface area is 242 Å². The molecule has 3 rings (SSSR count). The number of nitrogens with zero attached hydrogens (tertiary/aromatic N) is 3. The minimum Gasteiger partial charge on any atom is -0.490 e. The predicted molar refractivity (Wildman–Crippen MR) is 157 cm³/mol. The van der Waals surface area contributed by atoms with Crippen molar-refractivity contribution < 1.29 is 32.6 Å². The molecule has 1 aliphatic heterocycles. The summed E-state index contributed by atoms with van der Waals surface area (Å²) in [7, 11) is -1.86. The van der Waals surface area contributed by atoms with Crippen LogP contribution in [-0.2, 0) is 14.8 Å². The van der Waals surface area contributed by atoms with E-state index in [2.05, 4.69) is 9.71 Å². The summed E-state index contributed by atoms with van der Waals surface area (Å²) in [6, 6.07) is 7.40. The lowest BCUT2D eigenvalue weighted by Crippen LogP contribution is -2.48. The van der Waals surface area contributed by atoms with Gasteiger partial charge in [0.1, 0.15) is 5.75 Å². The zero-order valence-corrected chi connectivity index (χ0v) is 25.3. The number of aliphatic hydroxyl groups is 1. The van der Waals surface area contributed by atoms with Crippen LogP contribution in [0.2, 0.25) is 0 Å². The lowest BCUT2D eigenvalue weighted by atomic mass is 10.0. The summed E-state index contributed by atoms with van der Waals surface area (Å²) in [4.78, 5) is 34.2. The molecule has 0 aliphatic carbocycles. The lowest BCUT2D eigenvalue weighted by Gasteiger charge is -2.36. The molecule has 1 aromatic carbocycles. The third-order valence-corrected chi connectivity index (χ3v) is 7.69. The fourth-order valence-electron chi connectivity index (χ4n) is 4.73. The molecule has 226 valence electrons. The van der Waals surface area contributed by atoms with Gasteiger partial charge in [-0.2, -0.15) is 0 Å². The molecular formula is C29H42N4O7S. The zero-order valence-electron chi connectivity index (χ0n) is 24.4. The number of pyridine rings is 1. The number of benzene rings is 1. The minimum absolute atomic E-state index is 0.162. The van der Waals surface area contributed by atoms with Gasteiger partial charge < -0.3 is 24.4 Å². The number of sulfonamides is 1. The predicted octanol–water partition coefficient (Wildman–Crippen LogP) is 3.02. The molecule has 0 unspecified atom stereocenters. The Balaban J connectivity index is 1.95. The molecule has 2 amide bonds. The highest BCUT2D eigenvalue weighted by Crippen LogP contribution is 2.29. The molecule has 0 spiro atoms. The largest absolute Gasteiger partial charge is 0.490 e. The molecule has 0 saturated heterocycles. The molecule has 2 heterocycles. The molecule has 41 heavy (non-hydrogen) atoms. The van der Waals surface area contributed by atoms with E-state index in [1.165, 1.54) is 6.07 Å². The van der Waals surface area contributed by atoms with Crippen LogP contribution in [0.25, 0.3) is 0 Å². The van der Waals surface area contributed by atoms with E-state index < -0.39 is 22.0 Å². The molecule has 11 nitrogen and oxygen atoms in total. The maximum absolute atomic E-state index is 14.0. The molecule has 12 heteroatoms. The molecule has 4 atom stereocenters. The van der Waals surface area contributed by atoms with Crippen molar-refractivity contribution in [2.75, 3.05) is 44.3 Å². The smallest absolute Gasteiger partial charge is 0.258 e. The van der Waals surface area contributed by atoms with E-state index in [1.54, 1.807) is 60.4 Å². The second-order valence-electron chi connectivity index (χ2n) is 10.8. The van der Waals surface area contributed by atoms with E-state index in [9.17, 15) is 23.1 Å². The van der Waals surface area contributed by atoms with Crippen molar-refractivity contribution >= 4 is 27.5 Å². The Morgan fingerprint density at radius 3 is 2.59 bits per heavy atom.